The van der Waals surface area contributed by atoms with Crippen molar-refractivity contribution in [2.45, 2.75) is 13.8 Å². The van der Waals surface area contributed by atoms with E-state index in [0.717, 1.165) is 61.3 Å². The molecule has 0 aromatic rings. The van der Waals surface area contributed by atoms with Gasteiger partial charge in [-0.3, -0.25) is 0 Å². The van der Waals surface area contributed by atoms with E-state index in [1.165, 1.54) is 0 Å². The zero-order valence-corrected chi connectivity index (χ0v) is 16.0. The molecule has 0 bridgehead atoms. The molecule has 0 saturated carbocycles. The maximum Gasteiger partial charge on any atom is 0.129 e. The Morgan fingerprint density at radius 3 is 0.955 bits per heavy atom. The van der Waals surface area contributed by atoms with Crippen LogP contribution in [0.3, 0.4) is 0 Å². The normalized spacial score (nSPS) is 10.8. The Labute approximate surface area is 150 Å². The predicted molar refractivity (Wildman–Crippen MR) is 91.6 cm³/mol. The van der Waals surface area contributed by atoms with Gasteiger partial charge in [0.25, 0.3) is 0 Å². The number of nitrogens with zero attached hydrogens (tertiary/aromatic N) is 2. The number of likely N-dealkylation sites (N-methyl/N-ethyl adjacent to an activating group) is 2. The van der Waals surface area contributed by atoms with Gasteiger partial charge in [0.1, 0.15) is 13.1 Å². The van der Waals surface area contributed by atoms with Gasteiger partial charge in [-0.2, -0.15) is 0 Å². The quantitative estimate of drug-likeness (QED) is 0.253. The molecule has 4 heteroatoms. The average molecular weight is 349 g/mol. The number of halogens is 2. The first-order valence-electron chi connectivity index (χ1n) is 7.71. The van der Waals surface area contributed by atoms with Crippen LogP contribution < -0.4 is 24.8 Å². The summed E-state index contributed by atoms with van der Waals surface area (Å²) in [6.07, 6.45) is 8.15. The number of quaternary nitrogens is 2. The molecular weight excluding hydrogens is 315 g/mol. The summed E-state index contributed by atoms with van der Waals surface area (Å²) in [6.45, 7) is 28.8. The highest BCUT2D eigenvalue weighted by atomic mass is 35.5. The smallest absolute Gasteiger partial charge is 0.129 e. The largest absolute Gasteiger partial charge is 1.00 e. The predicted octanol–water partition coefficient (Wildman–Crippen LogP) is -2.59. The lowest BCUT2D eigenvalue weighted by Gasteiger charge is -2.41. The van der Waals surface area contributed by atoms with E-state index in [1.807, 2.05) is 24.3 Å². The van der Waals surface area contributed by atoms with Gasteiger partial charge < -0.3 is 33.8 Å². The van der Waals surface area contributed by atoms with Gasteiger partial charge in [-0.15, -0.1) is 0 Å². The first-order chi connectivity index (χ1) is 9.57. The SMILES string of the molecule is C=CC[N+](CC)(CC=C)CC[N+](CC)(CC=C)CC=C.[Cl-].[Cl-]. The van der Waals surface area contributed by atoms with Gasteiger partial charge in [-0.05, 0) is 38.2 Å². The van der Waals surface area contributed by atoms with Crippen LogP contribution >= 0.6 is 0 Å². The van der Waals surface area contributed by atoms with Crippen molar-refractivity contribution in [1.82, 2.24) is 0 Å². The summed E-state index contributed by atoms with van der Waals surface area (Å²) in [4.78, 5) is 0. The molecule has 0 aliphatic carbocycles. The molecule has 0 saturated heterocycles. The Hall–Kier alpha value is -0.540. The minimum atomic E-state index is 0. The Morgan fingerprint density at radius 2 is 0.818 bits per heavy atom. The molecule has 0 aliphatic rings. The van der Waals surface area contributed by atoms with Crippen LogP contribution in [0.2, 0.25) is 0 Å². The molecule has 0 amide bonds. The van der Waals surface area contributed by atoms with Crippen molar-refractivity contribution in [3.8, 4) is 0 Å². The fourth-order valence-electron chi connectivity index (χ4n) is 2.87. The summed E-state index contributed by atoms with van der Waals surface area (Å²) in [5.41, 5.74) is 0. The molecule has 0 fully saturated rings. The second-order valence-electron chi connectivity index (χ2n) is 5.65. The van der Waals surface area contributed by atoms with E-state index in [0.29, 0.717) is 0 Å². The maximum atomic E-state index is 3.93. The van der Waals surface area contributed by atoms with Crippen molar-refractivity contribution in [1.29, 1.82) is 0 Å². The molecule has 0 aromatic heterocycles. The van der Waals surface area contributed by atoms with Gasteiger partial charge in [0.05, 0.1) is 39.3 Å². The van der Waals surface area contributed by atoms with Crippen LogP contribution in [-0.4, -0.2) is 61.3 Å². The zero-order chi connectivity index (χ0) is 15.5. The number of hydrogen-bond acceptors (Lipinski definition) is 0. The van der Waals surface area contributed by atoms with Gasteiger partial charge in [0, 0.05) is 0 Å². The molecule has 0 heterocycles. The fourth-order valence-corrected chi connectivity index (χ4v) is 2.87. The second-order valence-corrected chi connectivity index (χ2v) is 5.65. The van der Waals surface area contributed by atoms with Crippen molar-refractivity contribution in [2.75, 3.05) is 52.4 Å². The van der Waals surface area contributed by atoms with E-state index in [2.05, 4.69) is 40.2 Å². The Bertz CT molecular complexity index is 275. The van der Waals surface area contributed by atoms with Crippen LogP contribution in [-0.2, 0) is 0 Å². The van der Waals surface area contributed by atoms with Crippen LogP contribution in [0.1, 0.15) is 13.8 Å². The molecule has 2 nitrogen and oxygen atoms in total. The van der Waals surface area contributed by atoms with Crippen LogP contribution in [0, 0.1) is 0 Å². The van der Waals surface area contributed by atoms with Crippen molar-refractivity contribution in [3.05, 3.63) is 50.6 Å². The van der Waals surface area contributed by atoms with E-state index in [4.69, 9.17) is 0 Å². The Kier molecular flexibility index (Phi) is 16.9. The molecule has 130 valence electrons. The minimum Gasteiger partial charge on any atom is -1.00 e. The molecule has 0 aromatic carbocycles. The second kappa shape index (κ2) is 14.1. The molecule has 0 unspecified atom stereocenters. The van der Waals surface area contributed by atoms with E-state index in [1.54, 1.807) is 0 Å². The van der Waals surface area contributed by atoms with E-state index in [9.17, 15) is 0 Å². The van der Waals surface area contributed by atoms with Crippen molar-refractivity contribution in [2.24, 2.45) is 0 Å². The molecule has 0 aliphatic heterocycles. The van der Waals surface area contributed by atoms with E-state index >= 15 is 0 Å². The van der Waals surface area contributed by atoms with E-state index in [-0.39, 0.29) is 24.8 Å². The zero-order valence-electron chi connectivity index (χ0n) is 14.4. The standard InChI is InChI=1S/C18H34N2.2ClH/c1-7-13-19(11-5,14-8-2)17-18-20(12-6,15-9-3)16-10-4;;/h7-10H,1-4,11-18H2,5-6H3;2*1H/q+2;;/p-2. The van der Waals surface area contributed by atoms with Gasteiger partial charge in [-0.25, -0.2) is 0 Å². The third-order valence-electron chi connectivity index (χ3n) is 4.46. The molecule has 0 spiro atoms. The molecule has 22 heavy (non-hydrogen) atoms. The highest BCUT2D eigenvalue weighted by molar-refractivity contribution is 4.74. The van der Waals surface area contributed by atoms with Gasteiger partial charge >= 0.3 is 0 Å². The van der Waals surface area contributed by atoms with Crippen molar-refractivity contribution < 1.29 is 33.8 Å². The molecule has 0 atom stereocenters. The monoisotopic (exact) mass is 348 g/mol. The van der Waals surface area contributed by atoms with Crippen LogP contribution in [0.25, 0.3) is 0 Å². The van der Waals surface area contributed by atoms with Crippen LogP contribution in [0.15, 0.2) is 50.6 Å². The summed E-state index contributed by atoms with van der Waals surface area (Å²) in [5.74, 6) is 0. The summed E-state index contributed by atoms with van der Waals surface area (Å²) in [6, 6.07) is 0. The van der Waals surface area contributed by atoms with Crippen LogP contribution in [0.5, 0.6) is 0 Å². The summed E-state index contributed by atoms with van der Waals surface area (Å²) in [7, 11) is 0. The lowest BCUT2D eigenvalue weighted by Crippen LogP contribution is -3.00. The van der Waals surface area contributed by atoms with Gasteiger partial charge in [-0.1, -0.05) is 26.3 Å². The minimum absolute atomic E-state index is 0. The first kappa shape index (κ1) is 26.4. The summed E-state index contributed by atoms with van der Waals surface area (Å²) < 4.78 is 2.09. The van der Waals surface area contributed by atoms with E-state index < -0.39 is 0 Å². The molecule has 0 rings (SSSR count). The summed E-state index contributed by atoms with van der Waals surface area (Å²) >= 11 is 0. The number of hydrogen-bond donors (Lipinski definition) is 0. The van der Waals surface area contributed by atoms with Gasteiger partial charge in [0.15, 0.2) is 0 Å². The lowest BCUT2D eigenvalue weighted by molar-refractivity contribution is -0.969. The molecule has 0 N–H and O–H groups in total. The van der Waals surface area contributed by atoms with Gasteiger partial charge in [0.2, 0.25) is 0 Å². The average Bonchev–Trinajstić information content (AvgIpc) is 2.45. The number of rotatable bonds is 13. The third kappa shape index (κ3) is 8.19. The maximum absolute atomic E-state index is 3.93. The highest BCUT2D eigenvalue weighted by Gasteiger charge is 2.29. The topological polar surface area (TPSA) is 0 Å². The summed E-state index contributed by atoms with van der Waals surface area (Å²) in [5, 5.41) is 0. The van der Waals surface area contributed by atoms with Crippen molar-refractivity contribution >= 4 is 0 Å². The van der Waals surface area contributed by atoms with Crippen LogP contribution in [0.4, 0.5) is 0 Å². The Morgan fingerprint density at radius 1 is 0.591 bits per heavy atom. The van der Waals surface area contributed by atoms with Crippen molar-refractivity contribution in [3.63, 3.8) is 0 Å². The lowest BCUT2D eigenvalue weighted by atomic mass is 10.2. The first-order valence-corrected chi connectivity index (χ1v) is 7.71. The molecular formula is C18H34Cl2N2. The third-order valence-corrected chi connectivity index (χ3v) is 4.46. The molecule has 0 radical (unpaired) electrons. The fraction of sp³-hybridized carbons (Fsp3) is 0.556. The Balaban J connectivity index is -0.00000180. The highest BCUT2D eigenvalue weighted by Crippen LogP contribution is 2.13.